The normalized spacial score (nSPS) is 11.3. The lowest BCUT2D eigenvalue weighted by molar-refractivity contribution is 0.499. The number of nitriles is 1. The minimum atomic E-state index is -1.26. The Hall–Kier alpha value is -2.78. The maximum absolute atomic E-state index is 14.5. The average Bonchev–Trinajstić information content (AvgIpc) is 3.29. The van der Waals surface area contributed by atoms with Gasteiger partial charge in [-0.2, -0.15) is 5.26 Å². The smallest absolute Gasteiger partial charge is 0.126 e. The molecule has 0 saturated heterocycles. The summed E-state index contributed by atoms with van der Waals surface area (Å²) in [6.45, 7) is 0. The molecule has 3 aromatic carbocycles. The van der Waals surface area contributed by atoms with Gasteiger partial charge in [-0.15, -0.1) is 11.3 Å². The van der Waals surface area contributed by atoms with Crippen molar-refractivity contribution in [3.05, 3.63) is 110 Å². The first-order valence-electron chi connectivity index (χ1n) is 9.71. The third-order valence-corrected chi connectivity index (χ3v) is 7.03. The Labute approximate surface area is 198 Å². The van der Waals surface area contributed by atoms with Crippen LogP contribution in [0.1, 0.15) is 16.1 Å². The first-order valence-corrected chi connectivity index (χ1v) is 11.3. The molecule has 7 heteroatoms. The van der Waals surface area contributed by atoms with E-state index in [0.29, 0.717) is 31.9 Å². The summed E-state index contributed by atoms with van der Waals surface area (Å²) in [6, 6.07) is 20.1. The second-order valence-electron chi connectivity index (χ2n) is 7.40. The van der Waals surface area contributed by atoms with Gasteiger partial charge in [-0.05, 0) is 35.4 Å². The summed E-state index contributed by atoms with van der Waals surface area (Å²) in [5, 5.41) is 13.4. The van der Waals surface area contributed by atoms with Crippen molar-refractivity contribution in [3.8, 4) is 17.3 Å². The predicted molar refractivity (Wildman–Crippen MR) is 125 cm³/mol. The summed E-state index contributed by atoms with van der Waals surface area (Å²) in [5.41, 5.74) is 0.841. The molecule has 0 fully saturated rings. The first kappa shape index (κ1) is 22.4. The average molecular weight is 485 g/mol. The van der Waals surface area contributed by atoms with E-state index in [4.69, 9.17) is 28.2 Å². The molecule has 4 rings (SSSR count). The van der Waals surface area contributed by atoms with Gasteiger partial charge >= 0.3 is 0 Å². The number of aromatic nitrogens is 1. The molecule has 4 aromatic rings. The van der Waals surface area contributed by atoms with Crippen LogP contribution in [0.3, 0.4) is 0 Å². The zero-order valence-corrected chi connectivity index (χ0v) is 19.0. The molecular formula is C25H16Cl2F2N2S. The topological polar surface area (TPSA) is 36.7 Å². The van der Waals surface area contributed by atoms with Crippen molar-refractivity contribution in [2.45, 2.75) is 18.3 Å². The largest absolute Gasteiger partial charge is 0.239 e. The summed E-state index contributed by atoms with van der Waals surface area (Å²) < 4.78 is 29.0. The molecule has 0 aliphatic heterocycles. The molecular weight excluding hydrogens is 469 g/mol. The van der Waals surface area contributed by atoms with Crippen LogP contribution in [0, 0.1) is 23.0 Å². The zero-order valence-electron chi connectivity index (χ0n) is 16.7. The van der Waals surface area contributed by atoms with E-state index in [-0.39, 0.29) is 12.8 Å². The van der Waals surface area contributed by atoms with E-state index in [1.807, 2.05) is 5.38 Å². The molecule has 32 heavy (non-hydrogen) atoms. The SMILES string of the molecule is N#CC(Cc1ccccc1F)(Cc1ccccc1F)c1nc(-c2ccc(Cl)c(Cl)c2)cs1. The minimum Gasteiger partial charge on any atom is -0.239 e. The summed E-state index contributed by atoms with van der Waals surface area (Å²) in [4.78, 5) is 4.70. The van der Waals surface area contributed by atoms with E-state index in [9.17, 15) is 14.0 Å². The molecule has 0 aliphatic carbocycles. The van der Waals surface area contributed by atoms with Crippen molar-refractivity contribution < 1.29 is 8.78 Å². The Bertz CT molecular complexity index is 1270. The molecule has 0 amide bonds. The fourth-order valence-electron chi connectivity index (χ4n) is 3.56. The Morgan fingerprint density at radius 3 is 2.00 bits per heavy atom. The van der Waals surface area contributed by atoms with Crippen LogP contribution in [-0.2, 0) is 18.3 Å². The third kappa shape index (κ3) is 4.54. The Balaban J connectivity index is 1.81. The number of benzene rings is 3. The number of thiazole rings is 1. The lowest BCUT2D eigenvalue weighted by atomic mass is 9.78. The quantitative estimate of drug-likeness (QED) is 0.281. The Morgan fingerprint density at radius 2 is 1.47 bits per heavy atom. The van der Waals surface area contributed by atoms with Crippen molar-refractivity contribution in [2.75, 3.05) is 0 Å². The standard InChI is InChI=1S/C25H16Cl2F2N2S/c26-19-10-9-16(11-20(19)27)23-14-32-24(31-23)25(15-30,12-17-5-1-3-7-21(17)28)13-18-6-2-4-8-22(18)29/h1-11,14H,12-13H2. The van der Waals surface area contributed by atoms with Gasteiger partial charge in [0.2, 0.25) is 0 Å². The van der Waals surface area contributed by atoms with Gasteiger partial charge in [-0.1, -0.05) is 65.7 Å². The summed E-state index contributed by atoms with van der Waals surface area (Å²) >= 11 is 13.4. The zero-order chi connectivity index (χ0) is 22.7. The van der Waals surface area contributed by atoms with Crippen LogP contribution in [-0.4, -0.2) is 4.98 Å². The molecule has 0 aliphatic rings. The van der Waals surface area contributed by atoms with Crippen LogP contribution in [0.25, 0.3) is 11.3 Å². The van der Waals surface area contributed by atoms with Gasteiger partial charge in [0.15, 0.2) is 0 Å². The highest BCUT2D eigenvalue weighted by Gasteiger charge is 2.38. The number of halogens is 4. The molecule has 1 heterocycles. The van der Waals surface area contributed by atoms with Crippen molar-refractivity contribution in [2.24, 2.45) is 0 Å². The molecule has 2 nitrogen and oxygen atoms in total. The van der Waals surface area contributed by atoms with Crippen molar-refractivity contribution >= 4 is 34.5 Å². The van der Waals surface area contributed by atoms with E-state index < -0.39 is 17.0 Å². The maximum atomic E-state index is 14.5. The van der Waals surface area contributed by atoms with E-state index in [2.05, 4.69) is 6.07 Å². The number of hydrogen-bond acceptors (Lipinski definition) is 3. The molecule has 0 unspecified atom stereocenters. The van der Waals surface area contributed by atoms with Crippen LogP contribution >= 0.6 is 34.5 Å². The second kappa shape index (κ2) is 9.38. The molecule has 0 spiro atoms. The molecule has 0 saturated carbocycles. The second-order valence-corrected chi connectivity index (χ2v) is 9.07. The summed E-state index contributed by atoms with van der Waals surface area (Å²) in [7, 11) is 0. The van der Waals surface area contributed by atoms with Gasteiger partial charge in [-0.3, -0.25) is 0 Å². The molecule has 160 valence electrons. The number of nitrogens with zero attached hydrogens (tertiary/aromatic N) is 2. The van der Waals surface area contributed by atoms with Crippen LogP contribution in [0.2, 0.25) is 10.0 Å². The Morgan fingerprint density at radius 1 is 0.875 bits per heavy atom. The van der Waals surface area contributed by atoms with Gasteiger partial charge in [0, 0.05) is 23.8 Å². The molecule has 0 atom stereocenters. The van der Waals surface area contributed by atoms with Crippen LogP contribution in [0.5, 0.6) is 0 Å². The fourth-order valence-corrected chi connectivity index (χ4v) is 4.83. The van der Waals surface area contributed by atoms with Gasteiger partial charge in [0.25, 0.3) is 0 Å². The summed E-state index contributed by atoms with van der Waals surface area (Å²) in [5.74, 6) is -0.830. The third-order valence-electron chi connectivity index (χ3n) is 5.24. The predicted octanol–water partition coefficient (Wildman–Crippen LogP) is 7.64. The maximum Gasteiger partial charge on any atom is 0.126 e. The van der Waals surface area contributed by atoms with Crippen LogP contribution < -0.4 is 0 Å². The van der Waals surface area contributed by atoms with Crippen molar-refractivity contribution in [1.82, 2.24) is 4.98 Å². The highest BCUT2D eigenvalue weighted by Crippen LogP contribution is 2.38. The van der Waals surface area contributed by atoms with Crippen molar-refractivity contribution in [1.29, 1.82) is 5.26 Å². The molecule has 0 radical (unpaired) electrons. The van der Waals surface area contributed by atoms with E-state index in [1.54, 1.807) is 54.6 Å². The minimum absolute atomic E-state index is 0.0544. The van der Waals surface area contributed by atoms with E-state index in [1.165, 1.54) is 23.5 Å². The van der Waals surface area contributed by atoms with Crippen LogP contribution in [0.4, 0.5) is 8.78 Å². The van der Waals surface area contributed by atoms with Gasteiger partial charge in [0.05, 0.1) is 21.8 Å². The lowest BCUT2D eigenvalue weighted by Crippen LogP contribution is -2.31. The first-order chi connectivity index (χ1) is 15.4. The van der Waals surface area contributed by atoms with E-state index in [0.717, 1.165) is 5.56 Å². The monoisotopic (exact) mass is 484 g/mol. The van der Waals surface area contributed by atoms with Gasteiger partial charge in [0.1, 0.15) is 22.1 Å². The highest BCUT2D eigenvalue weighted by atomic mass is 35.5. The lowest BCUT2D eigenvalue weighted by Gasteiger charge is -2.25. The number of rotatable bonds is 6. The molecule has 0 N–H and O–H groups in total. The van der Waals surface area contributed by atoms with Crippen LogP contribution in [0.15, 0.2) is 72.1 Å². The van der Waals surface area contributed by atoms with Gasteiger partial charge < -0.3 is 0 Å². The molecule has 0 bridgehead atoms. The number of hydrogen-bond donors (Lipinski definition) is 0. The van der Waals surface area contributed by atoms with Gasteiger partial charge in [-0.25, -0.2) is 13.8 Å². The fraction of sp³-hybridized carbons (Fsp3) is 0.120. The van der Waals surface area contributed by atoms with Crippen molar-refractivity contribution in [3.63, 3.8) is 0 Å². The van der Waals surface area contributed by atoms with E-state index >= 15 is 0 Å². The Kier molecular flexibility index (Phi) is 6.57. The highest BCUT2D eigenvalue weighted by molar-refractivity contribution is 7.10. The summed E-state index contributed by atoms with van der Waals surface area (Å²) in [6.07, 6.45) is 0.109. The molecule has 1 aromatic heterocycles.